The van der Waals surface area contributed by atoms with Crippen LogP contribution in [0, 0.1) is 11.6 Å². The van der Waals surface area contributed by atoms with Crippen molar-refractivity contribution in [1.82, 2.24) is 15.3 Å². The molecule has 0 saturated heterocycles. The van der Waals surface area contributed by atoms with Gasteiger partial charge in [-0.2, -0.15) is 18.2 Å². The van der Waals surface area contributed by atoms with Crippen LogP contribution in [0.15, 0.2) is 36.4 Å². The second kappa shape index (κ2) is 9.63. The number of halogens is 5. The molecule has 6 nitrogen and oxygen atoms in total. The van der Waals surface area contributed by atoms with E-state index in [1.54, 1.807) is 19.0 Å². The maximum atomic E-state index is 13.8. The van der Waals surface area contributed by atoms with Crippen LogP contribution in [0.2, 0.25) is 0 Å². The van der Waals surface area contributed by atoms with Gasteiger partial charge >= 0.3 is 6.18 Å². The molecular formula is C24H24F5N5O. The van der Waals surface area contributed by atoms with E-state index in [1.807, 2.05) is 0 Å². The summed E-state index contributed by atoms with van der Waals surface area (Å²) in [6.07, 6.45) is -1.99. The standard InChI is InChI=1S/C24H24F5N5O/c1-34(2)21-17-11-18(25)19(26)12-20(17)32-23(33-21)31-16-8-6-15(7-9-16)30-22(35)13-4-3-5-14(10-13)24(27,28)29/h3-5,10-12,15-16H,6-9H2,1-2H3,(H,30,35)(H,31,32,33). The molecule has 35 heavy (non-hydrogen) atoms. The molecule has 11 heteroatoms. The predicted molar refractivity (Wildman–Crippen MR) is 122 cm³/mol. The number of carbonyl (C=O) groups excluding carboxylic acids is 1. The number of alkyl halides is 3. The van der Waals surface area contributed by atoms with E-state index in [0.29, 0.717) is 36.9 Å². The molecule has 1 aliphatic rings. The molecule has 0 atom stereocenters. The quantitative estimate of drug-likeness (QED) is 0.482. The fourth-order valence-corrected chi connectivity index (χ4v) is 4.18. The maximum Gasteiger partial charge on any atom is 0.416 e. The molecule has 186 valence electrons. The third-order valence-electron chi connectivity index (χ3n) is 5.99. The summed E-state index contributed by atoms with van der Waals surface area (Å²) in [4.78, 5) is 22.9. The lowest BCUT2D eigenvalue weighted by molar-refractivity contribution is -0.137. The summed E-state index contributed by atoms with van der Waals surface area (Å²) in [6.45, 7) is 0. The number of nitrogens with zero attached hydrogens (tertiary/aromatic N) is 3. The molecular weight excluding hydrogens is 469 g/mol. The van der Waals surface area contributed by atoms with E-state index in [2.05, 4.69) is 20.6 Å². The van der Waals surface area contributed by atoms with Gasteiger partial charge in [0.25, 0.3) is 5.91 Å². The van der Waals surface area contributed by atoms with E-state index in [9.17, 15) is 26.7 Å². The summed E-state index contributed by atoms with van der Waals surface area (Å²) in [5.41, 5.74) is -0.634. The largest absolute Gasteiger partial charge is 0.416 e. The molecule has 2 N–H and O–H groups in total. The Morgan fingerprint density at radius 3 is 2.29 bits per heavy atom. The lowest BCUT2D eigenvalue weighted by Gasteiger charge is -2.30. The van der Waals surface area contributed by atoms with E-state index in [1.165, 1.54) is 12.1 Å². The summed E-state index contributed by atoms with van der Waals surface area (Å²) in [5, 5.41) is 6.43. The fourth-order valence-electron chi connectivity index (χ4n) is 4.18. The number of carbonyl (C=O) groups is 1. The number of amides is 1. The van der Waals surface area contributed by atoms with Gasteiger partial charge < -0.3 is 15.5 Å². The number of nitrogens with one attached hydrogen (secondary N) is 2. The van der Waals surface area contributed by atoms with Gasteiger partial charge in [-0.15, -0.1) is 0 Å². The Morgan fingerprint density at radius 2 is 1.63 bits per heavy atom. The van der Waals surface area contributed by atoms with Crippen LogP contribution in [0.5, 0.6) is 0 Å². The Kier molecular flexibility index (Phi) is 6.77. The zero-order valence-corrected chi connectivity index (χ0v) is 19.1. The topological polar surface area (TPSA) is 70.2 Å². The molecule has 2 aromatic carbocycles. The van der Waals surface area contributed by atoms with Gasteiger partial charge in [-0.1, -0.05) is 6.07 Å². The Balaban J connectivity index is 1.40. The van der Waals surface area contributed by atoms with Crippen molar-refractivity contribution in [2.24, 2.45) is 0 Å². The van der Waals surface area contributed by atoms with E-state index in [0.717, 1.165) is 24.3 Å². The minimum atomic E-state index is -4.52. The van der Waals surface area contributed by atoms with Gasteiger partial charge in [-0.05, 0) is 49.9 Å². The zero-order valence-electron chi connectivity index (χ0n) is 19.1. The fraction of sp³-hybridized carbons (Fsp3) is 0.375. The monoisotopic (exact) mass is 493 g/mol. The minimum Gasteiger partial charge on any atom is -0.362 e. The molecule has 1 heterocycles. The molecule has 0 spiro atoms. The minimum absolute atomic E-state index is 0.0190. The van der Waals surface area contributed by atoms with Crippen LogP contribution >= 0.6 is 0 Å². The smallest absolute Gasteiger partial charge is 0.362 e. The van der Waals surface area contributed by atoms with Crippen LogP contribution in [-0.4, -0.2) is 42.1 Å². The first-order chi connectivity index (χ1) is 16.5. The molecule has 4 rings (SSSR count). The van der Waals surface area contributed by atoms with Crippen LogP contribution in [0.25, 0.3) is 10.9 Å². The van der Waals surface area contributed by atoms with Crippen molar-refractivity contribution in [1.29, 1.82) is 0 Å². The Hall–Kier alpha value is -3.50. The van der Waals surface area contributed by atoms with Crippen molar-refractivity contribution in [2.75, 3.05) is 24.3 Å². The van der Waals surface area contributed by atoms with Crippen molar-refractivity contribution >= 4 is 28.6 Å². The van der Waals surface area contributed by atoms with Gasteiger partial charge in [0.2, 0.25) is 5.95 Å². The number of fused-ring (bicyclic) bond motifs is 1. The normalized spacial score (nSPS) is 18.4. The predicted octanol–water partition coefficient (Wildman–Crippen LogP) is 5.15. The first-order valence-corrected chi connectivity index (χ1v) is 11.1. The van der Waals surface area contributed by atoms with Crippen molar-refractivity contribution in [3.05, 3.63) is 59.2 Å². The van der Waals surface area contributed by atoms with Gasteiger partial charge in [0, 0.05) is 43.2 Å². The molecule has 3 aromatic rings. The molecule has 0 aliphatic heterocycles. The highest BCUT2D eigenvalue weighted by atomic mass is 19.4. The van der Waals surface area contributed by atoms with E-state index in [4.69, 9.17) is 0 Å². The van der Waals surface area contributed by atoms with Gasteiger partial charge in [0.05, 0.1) is 11.1 Å². The van der Waals surface area contributed by atoms with Crippen molar-refractivity contribution in [3.8, 4) is 0 Å². The molecule has 0 radical (unpaired) electrons. The Morgan fingerprint density at radius 1 is 0.971 bits per heavy atom. The maximum absolute atomic E-state index is 13.8. The van der Waals surface area contributed by atoms with Crippen LogP contribution in [-0.2, 0) is 6.18 Å². The lowest BCUT2D eigenvalue weighted by atomic mass is 9.91. The molecule has 0 bridgehead atoms. The summed E-state index contributed by atoms with van der Waals surface area (Å²) in [7, 11) is 3.48. The third-order valence-corrected chi connectivity index (χ3v) is 5.99. The zero-order chi connectivity index (χ0) is 25.3. The van der Waals surface area contributed by atoms with Crippen molar-refractivity contribution < 1.29 is 26.7 Å². The number of aromatic nitrogens is 2. The van der Waals surface area contributed by atoms with E-state index < -0.39 is 29.3 Å². The van der Waals surface area contributed by atoms with Gasteiger partial charge in [-0.25, -0.2) is 13.8 Å². The highest BCUT2D eigenvalue weighted by molar-refractivity contribution is 5.94. The highest BCUT2D eigenvalue weighted by Crippen LogP contribution is 2.30. The molecule has 1 aliphatic carbocycles. The van der Waals surface area contributed by atoms with E-state index in [-0.39, 0.29) is 29.1 Å². The summed E-state index contributed by atoms with van der Waals surface area (Å²) >= 11 is 0. The van der Waals surface area contributed by atoms with Crippen molar-refractivity contribution in [2.45, 2.75) is 43.9 Å². The molecule has 1 fully saturated rings. The SMILES string of the molecule is CN(C)c1nc(NC2CCC(NC(=O)c3cccc(C(F)(F)F)c3)CC2)nc2cc(F)c(F)cc12. The van der Waals surface area contributed by atoms with Gasteiger partial charge in [0.15, 0.2) is 11.6 Å². The lowest BCUT2D eigenvalue weighted by Crippen LogP contribution is -2.40. The highest BCUT2D eigenvalue weighted by Gasteiger charge is 2.31. The first kappa shape index (κ1) is 24.6. The molecule has 0 unspecified atom stereocenters. The van der Waals surface area contributed by atoms with Crippen LogP contribution in [0.4, 0.5) is 33.7 Å². The Bertz CT molecular complexity index is 1240. The average molecular weight is 493 g/mol. The number of hydrogen-bond acceptors (Lipinski definition) is 5. The number of benzene rings is 2. The van der Waals surface area contributed by atoms with Gasteiger partial charge in [0.1, 0.15) is 5.82 Å². The number of anilines is 2. The summed E-state index contributed by atoms with van der Waals surface area (Å²) in [6, 6.07) is 6.24. The second-order valence-electron chi connectivity index (χ2n) is 8.79. The summed E-state index contributed by atoms with van der Waals surface area (Å²) in [5.74, 6) is -1.79. The van der Waals surface area contributed by atoms with Crippen molar-refractivity contribution in [3.63, 3.8) is 0 Å². The second-order valence-corrected chi connectivity index (χ2v) is 8.79. The molecule has 1 aromatic heterocycles. The first-order valence-electron chi connectivity index (χ1n) is 11.1. The Labute approximate surface area is 198 Å². The van der Waals surface area contributed by atoms with Gasteiger partial charge in [-0.3, -0.25) is 4.79 Å². The van der Waals surface area contributed by atoms with Crippen LogP contribution in [0.3, 0.4) is 0 Å². The van der Waals surface area contributed by atoms with Crippen LogP contribution in [0.1, 0.15) is 41.6 Å². The number of hydrogen-bond donors (Lipinski definition) is 2. The summed E-state index contributed by atoms with van der Waals surface area (Å²) < 4.78 is 66.2. The van der Waals surface area contributed by atoms with E-state index >= 15 is 0 Å². The number of rotatable bonds is 5. The molecule has 1 amide bonds. The van der Waals surface area contributed by atoms with Crippen LogP contribution < -0.4 is 15.5 Å². The third kappa shape index (κ3) is 5.60. The average Bonchev–Trinajstić information content (AvgIpc) is 2.80. The molecule has 1 saturated carbocycles.